The molecule has 5 nitrogen and oxygen atoms in total. The van der Waals surface area contributed by atoms with Crippen LogP contribution in [0.4, 0.5) is 0 Å². The number of nitrogens with one attached hydrogen (secondary N) is 1. The van der Waals surface area contributed by atoms with Gasteiger partial charge in [0.05, 0.1) is 23.7 Å². The van der Waals surface area contributed by atoms with Gasteiger partial charge in [0.1, 0.15) is 11.6 Å². The van der Waals surface area contributed by atoms with Crippen LogP contribution in [-0.2, 0) is 4.79 Å². The number of likely N-dealkylation sites (tertiary alicyclic amines) is 1. The van der Waals surface area contributed by atoms with Gasteiger partial charge in [0.15, 0.2) is 0 Å². The highest BCUT2D eigenvalue weighted by atomic mass is 16.5. The molecule has 5 heteroatoms. The molecule has 4 rings (SSSR count). The number of carbonyl (C=O) groups excluding carboxylic acids is 1. The quantitative estimate of drug-likeness (QED) is 0.661. The van der Waals surface area contributed by atoms with Crippen molar-refractivity contribution in [2.24, 2.45) is 0 Å². The zero-order valence-electron chi connectivity index (χ0n) is 15.6. The number of hydrogen-bond donors (Lipinski definition) is 1. The van der Waals surface area contributed by atoms with Crippen LogP contribution in [0.25, 0.3) is 11.0 Å². The van der Waals surface area contributed by atoms with Crippen LogP contribution in [0.3, 0.4) is 0 Å². The largest absolute Gasteiger partial charge is 0.494 e. The smallest absolute Gasteiger partial charge is 0.223 e. The van der Waals surface area contributed by atoms with Crippen LogP contribution in [0.1, 0.15) is 43.1 Å². The zero-order valence-corrected chi connectivity index (χ0v) is 15.6. The molecule has 2 heterocycles. The average Bonchev–Trinajstić information content (AvgIpc) is 3.31. The van der Waals surface area contributed by atoms with E-state index in [2.05, 4.69) is 4.98 Å². The SMILES string of the molecule is Cc1cccc(OCCCC(=O)N2CCCC2c2nc3ccccc3[nH]2)c1. The minimum absolute atomic E-state index is 0.0580. The van der Waals surface area contributed by atoms with Crippen LogP contribution in [0.15, 0.2) is 48.5 Å². The molecule has 1 saturated heterocycles. The first-order valence-corrected chi connectivity index (χ1v) is 9.64. The third-order valence-corrected chi connectivity index (χ3v) is 5.09. The topological polar surface area (TPSA) is 58.2 Å². The predicted octanol–water partition coefficient (Wildman–Crippen LogP) is 4.39. The third-order valence-electron chi connectivity index (χ3n) is 5.09. The molecular formula is C22H25N3O2. The van der Waals surface area contributed by atoms with Crippen molar-refractivity contribution in [2.75, 3.05) is 13.2 Å². The van der Waals surface area contributed by atoms with E-state index in [-0.39, 0.29) is 11.9 Å². The van der Waals surface area contributed by atoms with Crippen molar-refractivity contribution in [2.45, 2.75) is 38.6 Å². The number of carbonyl (C=O) groups is 1. The molecule has 140 valence electrons. The summed E-state index contributed by atoms with van der Waals surface area (Å²) in [6.45, 7) is 3.40. The molecule has 0 aliphatic carbocycles. The first-order chi connectivity index (χ1) is 13.2. The number of H-pyrrole nitrogens is 1. The molecule has 0 bridgehead atoms. The molecule has 3 aromatic rings. The van der Waals surface area contributed by atoms with E-state index >= 15 is 0 Å². The monoisotopic (exact) mass is 363 g/mol. The first-order valence-electron chi connectivity index (χ1n) is 9.64. The summed E-state index contributed by atoms with van der Waals surface area (Å²) in [7, 11) is 0. The summed E-state index contributed by atoms with van der Waals surface area (Å²) in [6, 6.07) is 16.1. The Hall–Kier alpha value is -2.82. The highest BCUT2D eigenvalue weighted by Crippen LogP contribution is 2.32. The standard InChI is InChI=1S/C22H25N3O2/c1-16-7-4-8-17(15-16)27-14-6-12-21(26)25-13-5-11-20(25)22-23-18-9-2-3-10-19(18)24-22/h2-4,7-10,15,20H,5-6,11-14H2,1H3,(H,23,24). The number of fused-ring (bicyclic) bond motifs is 1. The fourth-order valence-corrected chi connectivity index (χ4v) is 3.74. The molecule has 1 fully saturated rings. The molecule has 27 heavy (non-hydrogen) atoms. The molecule has 0 saturated carbocycles. The Morgan fingerprint density at radius 1 is 1.26 bits per heavy atom. The Morgan fingerprint density at radius 3 is 3.00 bits per heavy atom. The Kier molecular flexibility index (Phi) is 5.10. The molecule has 1 atom stereocenters. The van der Waals surface area contributed by atoms with Gasteiger partial charge in [-0.15, -0.1) is 0 Å². The Morgan fingerprint density at radius 2 is 2.15 bits per heavy atom. The number of imidazole rings is 1. The van der Waals surface area contributed by atoms with Crippen LogP contribution < -0.4 is 4.74 Å². The van der Waals surface area contributed by atoms with Gasteiger partial charge in [-0.1, -0.05) is 24.3 Å². The second-order valence-electron chi connectivity index (χ2n) is 7.15. The molecule has 1 N–H and O–H groups in total. The van der Waals surface area contributed by atoms with Crippen molar-refractivity contribution in [1.82, 2.24) is 14.9 Å². The number of ether oxygens (including phenoxy) is 1. The second-order valence-corrected chi connectivity index (χ2v) is 7.15. The summed E-state index contributed by atoms with van der Waals surface area (Å²) in [6.07, 6.45) is 3.21. The fourth-order valence-electron chi connectivity index (χ4n) is 3.74. The van der Waals surface area contributed by atoms with Gasteiger partial charge in [-0.05, 0) is 56.0 Å². The molecule has 1 aliphatic rings. The van der Waals surface area contributed by atoms with Gasteiger partial charge in [-0.25, -0.2) is 4.98 Å². The fraction of sp³-hybridized carbons (Fsp3) is 0.364. The van der Waals surface area contributed by atoms with Gasteiger partial charge in [-0.3, -0.25) is 4.79 Å². The number of hydrogen-bond acceptors (Lipinski definition) is 3. The molecule has 0 radical (unpaired) electrons. The van der Waals surface area contributed by atoms with Crippen LogP contribution >= 0.6 is 0 Å². The van der Waals surface area contributed by atoms with Crippen molar-refractivity contribution in [3.63, 3.8) is 0 Å². The summed E-state index contributed by atoms with van der Waals surface area (Å²) in [5, 5.41) is 0. The van der Waals surface area contributed by atoms with Gasteiger partial charge < -0.3 is 14.6 Å². The van der Waals surface area contributed by atoms with E-state index in [4.69, 9.17) is 9.72 Å². The van der Waals surface area contributed by atoms with Gasteiger partial charge in [0.2, 0.25) is 5.91 Å². The van der Waals surface area contributed by atoms with E-state index < -0.39 is 0 Å². The molecule has 2 aromatic carbocycles. The van der Waals surface area contributed by atoms with Crippen LogP contribution in [0.2, 0.25) is 0 Å². The normalized spacial score (nSPS) is 16.8. The number of amides is 1. The number of nitrogens with zero attached hydrogens (tertiary/aromatic N) is 2. The Balaban J connectivity index is 1.33. The van der Waals surface area contributed by atoms with E-state index in [0.29, 0.717) is 13.0 Å². The minimum Gasteiger partial charge on any atom is -0.494 e. The molecule has 1 unspecified atom stereocenters. The molecule has 1 aromatic heterocycles. The number of benzene rings is 2. The van der Waals surface area contributed by atoms with Crippen LogP contribution in [0.5, 0.6) is 5.75 Å². The van der Waals surface area contributed by atoms with Crippen molar-refractivity contribution in [1.29, 1.82) is 0 Å². The van der Waals surface area contributed by atoms with Crippen LogP contribution in [-0.4, -0.2) is 33.9 Å². The lowest BCUT2D eigenvalue weighted by Gasteiger charge is -2.23. The van der Waals surface area contributed by atoms with E-state index in [0.717, 1.165) is 48.4 Å². The minimum atomic E-state index is 0.0580. The van der Waals surface area contributed by atoms with Crippen molar-refractivity contribution < 1.29 is 9.53 Å². The highest BCUT2D eigenvalue weighted by Gasteiger charge is 2.31. The second kappa shape index (κ2) is 7.82. The summed E-state index contributed by atoms with van der Waals surface area (Å²) >= 11 is 0. The number of aryl methyl sites for hydroxylation is 1. The van der Waals surface area contributed by atoms with Gasteiger partial charge >= 0.3 is 0 Å². The molecule has 0 spiro atoms. The summed E-state index contributed by atoms with van der Waals surface area (Å²) in [5.74, 6) is 1.95. The molecule has 1 amide bonds. The van der Waals surface area contributed by atoms with E-state index in [1.165, 1.54) is 5.56 Å². The van der Waals surface area contributed by atoms with Gasteiger partial charge in [0, 0.05) is 13.0 Å². The molecule has 1 aliphatic heterocycles. The summed E-state index contributed by atoms with van der Waals surface area (Å²) in [4.78, 5) is 22.8. The predicted molar refractivity (Wildman–Crippen MR) is 106 cm³/mol. The average molecular weight is 363 g/mol. The lowest BCUT2D eigenvalue weighted by atomic mass is 10.2. The highest BCUT2D eigenvalue weighted by molar-refractivity contribution is 5.78. The van der Waals surface area contributed by atoms with Crippen molar-refractivity contribution in [3.05, 3.63) is 59.9 Å². The Labute approximate surface area is 159 Å². The maximum Gasteiger partial charge on any atom is 0.223 e. The number of para-hydroxylation sites is 2. The van der Waals surface area contributed by atoms with Crippen molar-refractivity contribution >= 4 is 16.9 Å². The van der Waals surface area contributed by atoms with E-state index in [1.54, 1.807) is 0 Å². The maximum atomic E-state index is 12.7. The first kappa shape index (κ1) is 17.6. The number of aromatic amines is 1. The Bertz CT molecular complexity index is 901. The molecular weight excluding hydrogens is 338 g/mol. The maximum absolute atomic E-state index is 12.7. The van der Waals surface area contributed by atoms with Gasteiger partial charge in [0.25, 0.3) is 0 Å². The van der Waals surface area contributed by atoms with E-state index in [1.807, 2.05) is 60.4 Å². The van der Waals surface area contributed by atoms with E-state index in [9.17, 15) is 4.79 Å². The number of aromatic nitrogens is 2. The van der Waals surface area contributed by atoms with Crippen LogP contribution in [0, 0.1) is 6.92 Å². The lowest BCUT2D eigenvalue weighted by Crippen LogP contribution is -2.31. The number of rotatable bonds is 6. The third kappa shape index (κ3) is 3.97. The summed E-state index contributed by atoms with van der Waals surface area (Å²) < 4.78 is 5.76. The van der Waals surface area contributed by atoms with Crippen molar-refractivity contribution in [3.8, 4) is 5.75 Å². The van der Waals surface area contributed by atoms with Gasteiger partial charge in [-0.2, -0.15) is 0 Å². The summed E-state index contributed by atoms with van der Waals surface area (Å²) in [5.41, 5.74) is 3.16. The zero-order chi connectivity index (χ0) is 18.6. The lowest BCUT2D eigenvalue weighted by molar-refractivity contribution is -0.132.